The minimum atomic E-state index is -0.298. The zero-order valence-corrected chi connectivity index (χ0v) is 8.89. The van der Waals surface area contributed by atoms with Gasteiger partial charge in [0.15, 0.2) is 0 Å². The highest BCUT2D eigenvalue weighted by atomic mass is 32.1. The Morgan fingerprint density at radius 3 is 3.00 bits per heavy atom. The Bertz CT molecular complexity index is 355. The summed E-state index contributed by atoms with van der Waals surface area (Å²) < 4.78 is 4.91. The van der Waals surface area contributed by atoms with Crippen LogP contribution in [0.1, 0.15) is 40.9 Å². The van der Waals surface area contributed by atoms with Gasteiger partial charge in [-0.3, -0.25) is 0 Å². The lowest BCUT2D eigenvalue weighted by Crippen LogP contribution is -2.05. The second-order valence-electron chi connectivity index (χ2n) is 3.42. The molecule has 0 amide bonds. The van der Waals surface area contributed by atoms with Gasteiger partial charge in [0.1, 0.15) is 5.00 Å². The van der Waals surface area contributed by atoms with E-state index in [1.807, 2.05) is 6.07 Å². The molecule has 2 N–H and O–H groups in total. The molecule has 14 heavy (non-hydrogen) atoms. The average Bonchev–Trinajstić information content (AvgIpc) is 2.91. The number of carbonyl (C=O) groups excluding carboxylic acids is 1. The van der Waals surface area contributed by atoms with Crippen LogP contribution in [0.4, 0.5) is 5.00 Å². The van der Waals surface area contributed by atoms with Crippen molar-refractivity contribution in [3.8, 4) is 0 Å². The molecule has 1 aliphatic carbocycles. The molecule has 1 aliphatic rings. The van der Waals surface area contributed by atoms with Gasteiger partial charge in [-0.2, -0.15) is 0 Å². The molecule has 1 fully saturated rings. The van der Waals surface area contributed by atoms with Gasteiger partial charge in [0.25, 0.3) is 0 Å². The van der Waals surface area contributed by atoms with E-state index in [9.17, 15) is 4.79 Å². The van der Waals surface area contributed by atoms with Crippen molar-refractivity contribution in [2.45, 2.75) is 25.7 Å². The van der Waals surface area contributed by atoms with Crippen molar-refractivity contribution >= 4 is 22.3 Å². The fourth-order valence-corrected chi connectivity index (χ4v) is 2.45. The highest BCUT2D eigenvalue weighted by molar-refractivity contribution is 7.16. The Balaban J connectivity index is 2.19. The number of carbonyl (C=O) groups is 1. The van der Waals surface area contributed by atoms with Crippen LogP contribution in [-0.4, -0.2) is 12.6 Å². The van der Waals surface area contributed by atoms with Gasteiger partial charge in [-0.05, 0) is 31.7 Å². The lowest BCUT2D eigenvalue weighted by atomic mass is 10.2. The Morgan fingerprint density at radius 1 is 1.71 bits per heavy atom. The third-order valence-electron chi connectivity index (χ3n) is 2.25. The number of nitrogens with two attached hydrogens (primary N) is 1. The van der Waals surface area contributed by atoms with Crippen molar-refractivity contribution in [3.05, 3.63) is 16.5 Å². The van der Waals surface area contributed by atoms with Crippen LogP contribution >= 0.6 is 11.3 Å². The number of hydrogen-bond donors (Lipinski definition) is 1. The van der Waals surface area contributed by atoms with E-state index in [2.05, 4.69) is 0 Å². The molecule has 0 bridgehead atoms. The van der Waals surface area contributed by atoms with Crippen LogP contribution < -0.4 is 5.73 Å². The first-order chi connectivity index (χ1) is 6.72. The van der Waals surface area contributed by atoms with Gasteiger partial charge < -0.3 is 10.5 Å². The highest BCUT2D eigenvalue weighted by Gasteiger charge is 2.27. The van der Waals surface area contributed by atoms with Crippen LogP contribution in [0.15, 0.2) is 6.07 Å². The van der Waals surface area contributed by atoms with E-state index in [-0.39, 0.29) is 5.97 Å². The van der Waals surface area contributed by atoms with Crippen molar-refractivity contribution in [2.75, 3.05) is 12.3 Å². The Hall–Kier alpha value is -1.03. The third-order valence-corrected chi connectivity index (χ3v) is 3.38. The molecule has 1 aromatic heterocycles. The Labute approximate surface area is 86.9 Å². The van der Waals surface area contributed by atoms with Crippen LogP contribution in [-0.2, 0) is 4.74 Å². The van der Waals surface area contributed by atoms with Crippen LogP contribution in [0.3, 0.4) is 0 Å². The summed E-state index contributed by atoms with van der Waals surface area (Å²) in [7, 11) is 0. The number of nitrogen functional groups attached to an aromatic ring is 1. The average molecular weight is 211 g/mol. The van der Waals surface area contributed by atoms with Gasteiger partial charge in [0.2, 0.25) is 0 Å². The van der Waals surface area contributed by atoms with Crippen LogP contribution in [0, 0.1) is 0 Å². The largest absolute Gasteiger partial charge is 0.462 e. The molecule has 2 rings (SSSR count). The van der Waals surface area contributed by atoms with E-state index in [4.69, 9.17) is 10.5 Å². The van der Waals surface area contributed by atoms with Crippen LogP contribution in [0.5, 0.6) is 0 Å². The van der Waals surface area contributed by atoms with Gasteiger partial charge in [0.05, 0.1) is 12.2 Å². The van der Waals surface area contributed by atoms with Gasteiger partial charge in [-0.25, -0.2) is 4.79 Å². The van der Waals surface area contributed by atoms with Crippen molar-refractivity contribution in [3.63, 3.8) is 0 Å². The highest BCUT2D eigenvalue weighted by Crippen LogP contribution is 2.45. The first kappa shape index (κ1) is 9.52. The smallest absolute Gasteiger partial charge is 0.341 e. The zero-order valence-electron chi connectivity index (χ0n) is 8.08. The lowest BCUT2D eigenvalue weighted by molar-refractivity contribution is 0.0528. The molecule has 3 nitrogen and oxygen atoms in total. The topological polar surface area (TPSA) is 52.3 Å². The molecular weight excluding hydrogens is 198 g/mol. The predicted octanol–water partition coefficient (Wildman–Crippen LogP) is 2.38. The molecule has 4 heteroatoms. The molecule has 0 unspecified atom stereocenters. The molecule has 1 aromatic rings. The number of rotatable bonds is 3. The summed E-state index contributed by atoms with van der Waals surface area (Å²) in [4.78, 5) is 12.7. The van der Waals surface area contributed by atoms with Gasteiger partial charge in [-0.1, -0.05) is 0 Å². The summed E-state index contributed by atoms with van der Waals surface area (Å²) in [6, 6.07) is 1.88. The standard InChI is InChI=1S/C10H13NO2S/c1-2-13-10(12)7-5-8(6-3-4-6)14-9(7)11/h5-6H,2-4,11H2,1H3. The summed E-state index contributed by atoms with van der Waals surface area (Å²) in [5.41, 5.74) is 6.30. The van der Waals surface area contributed by atoms with E-state index in [0.29, 0.717) is 23.1 Å². The van der Waals surface area contributed by atoms with Crippen molar-refractivity contribution in [2.24, 2.45) is 0 Å². The summed E-state index contributed by atoms with van der Waals surface area (Å²) in [5.74, 6) is 0.346. The van der Waals surface area contributed by atoms with E-state index >= 15 is 0 Å². The molecule has 0 aromatic carbocycles. The lowest BCUT2D eigenvalue weighted by Gasteiger charge is -1.98. The molecule has 0 aliphatic heterocycles. The number of ether oxygens (including phenoxy) is 1. The first-order valence-corrected chi connectivity index (χ1v) is 5.60. The molecule has 0 spiro atoms. The third kappa shape index (κ3) is 1.75. The number of thiophene rings is 1. The second kappa shape index (κ2) is 3.61. The molecule has 0 saturated heterocycles. The predicted molar refractivity (Wildman–Crippen MR) is 56.7 cm³/mol. The fourth-order valence-electron chi connectivity index (χ4n) is 1.36. The monoisotopic (exact) mass is 211 g/mol. The molecule has 1 saturated carbocycles. The maximum absolute atomic E-state index is 11.4. The van der Waals surface area contributed by atoms with Crippen molar-refractivity contribution < 1.29 is 9.53 Å². The maximum Gasteiger partial charge on any atom is 0.341 e. The normalized spacial score (nSPS) is 15.5. The summed E-state index contributed by atoms with van der Waals surface area (Å²) in [5, 5.41) is 0.588. The van der Waals surface area contributed by atoms with Crippen molar-refractivity contribution in [1.82, 2.24) is 0 Å². The summed E-state index contributed by atoms with van der Waals surface area (Å²) >= 11 is 1.52. The first-order valence-electron chi connectivity index (χ1n) is 4.78. The Morgan fingerprint density at radius 2 is 2.43 bits per heavy atom. The quantitative estimate of drug-likeness (QED) is 0.781. The van der Waals surface area contributed by atoms with Crippen molar-refractivity contribution in [1.29, 1.82) is 0 Å². The van der Waals surface area contributed by atoms with Gasteiger partial charge in [0, 0.05) is 4.88 Å². The van der Waals surface area contributed by atoms with Gasteiger partial charge in [-0.15, -0.1) is 11.3 Å². The SMILES string of the molecule is CCOC(=O)c1cc(C2CC2)sc1N. The van der Waals surface area contributed by atoms with E-state index in [1.165, 1.54) is 29.1 Å². The second-order valence-corrected chi connectivity index (χ2v) is 4.54. The molecule has 76 valence electrons. The van der Waals surface area contributed by atoms with E-state index in [0.717, 1.165) is 0 Å². The maximum atomic E-state index is 11.4. The number of hydrogen-bond acceptors (Lipinski definition) is 4. The minimum Gasteiger partial charge on any atom is -0.462 e. The zero-order chi connectivity index (χ0) is 10.1. The minimum absolute atomic E-state index is 0.298. The summed E-state index contributed by atoms with van der Waals surface area (Å²) in [6.45, 7) is 2.19. The Kier molecular flexibility index (Phi) is 2.46. The fraction of sp³-hybridized carbons (Fsp3) is 0.500. The van der Waals surface area contributed by atoms with E-state index < -0.39 is 0 Å². The van der Waals surface area contributed by atoms with E-state index in [1.54, 1.807) is 6.92 Å². The number of anilines is 1. The number of esters is 1. The van der Waals surface area contributed by atoms with Gasteiger partial charge >= 0.3 is 5.97 Å². The molecule has 0 atom stereocenters. The van der Waals surface area contributed by atoms with Crippen LogP contribution in [0.25, 0.3) is 0 Å². The molecule has 1 heterocycles. The molecular formula is C10H13NO2S. The molecule has 0 radical (unpaired) electrons. The summed E-state index contributed by atoms with van der Waals surface area (Å²) in [6.07, 6.45) is 2.45. The van der Waals surface area contributed by atoms with Crippen LogP contribution in [0.2, 0.25) is 0 Å².